The van der Waals surface area contributed by atoms with Crippen molar-refractivity contribution in [3.8, 4) is 0 Å². The summed E-state index contributed by atoms with van der Waals surface area (Å²) in [6.45, 7) is 3.97. The smallest absolute Gasteiger partial charge is 0.254 e. The topological polar surface area (TPSA) is 89.7 Å². The van der Waals surface area contributed by atoms with Crippen LogP contribution in [0.15, 0.2) is 15.7 Å². The molecule has 1 saturated heterocycles. The average molecular weight is 332 g/mol. The first-order valence-electron chi connectivity index (χ1n) is 6.94. The molecule has 0 aliphatic carbocycles. The number of rotatable bonds is 5. The minimum atomic E-state index is -3.75. The highest BCUT2D eigenvalue weighted by molar-refractivity contribution is 7.91. The second-order valence-corrected chi connectivity index (χ2v) is 7.79. The van der Waals surface area contributed by atoms with Gasteiger partial charge in [-0.05, 0) is 25.3 Å². The number of likely N-dealkylation sites (tertiary alicyclic amines) is 1. The summed E-state index contributed by atoms with van der Waals surface area (Å²) in [5, 5.41) is 6.60. The van der Waals surface area contributed by atoms with Crippen molar-refractivity contribution in [2.75, 3.05) is 19.7 Å². The van der Waals surface area contributed by atoms with Crippen molar-refractivity contribution < 1.29 is 17.9 Å². The van der Waals surface area contributed by atoms with E-state index in [2.05, 4.69) is 0 Å². The van der Waals surface area contributed by atoms with Gasteiger partial charge in [0.25, 0.3) is 5.91 Å². The molecule has 1 atom stereocenters. The third kappa shape index (κ3) is 4.26. The number of piperidine rings is 1. The number of thiophene rings is 1. The minimum Gasteiger partial charge on any atom is -0.376 e. The summed E-state index contributed by atoms with van der Waals surface area (Å²) in [5.41, 5.74) is 0.375. The summed E-state index contributed by atoms with van der Waals surface area (Å²) in [6.07, 6.45) is 2.87. The molecule has 1 amide bonds. The monoisotopic (exact) mass is 332 g/mol. The van der Waals surface area contributed by atoms with E-state index in [1.54, 1.807) is 10.3 Å². The molecule has 2 heterocycles. The van der Waals surface area contributed by atoms with Crippen molar-refractivity contribution in [3.63, 3.8) is 0 Å². The number of carbonyl (C=O) groups excluding carboxylic acids is 1. The van der Waals surface area contributed by atoms with E-state index in [-0.39, 0.29) is 16.2 Å². The first-order chi connectivity index (χ1) is 9.91. The highest BCUT2D eigenvalue weighted by atomic mass is 32.2. The molecule has 0 saturated carbocycles. The van der Waals surface area contributed by atoms with Gasteiger partial charge in [-0.2, -0.15) is 0 Å². The average Bonchev–Trinajstić information content (AvgIpc) is 2.94. The molecule has 0 bridgehead atoms. The van der Waals surface area contributed by atoms with E-state index < -0.39 is 10.0 Å². The quantitative estimate of drug-likeness (QED) is 0.883. The number of amides is 1. The number of hydrogen-bond donors (Lipinski definition) is 1. The van der Waals surface area contributed by atoms with Crippen LogP contribution in [0.4, 0.5) is 0 Å². The van der Waals surface area contributed by atoms with Crippen LogP contribution in [0, 0.1) is 0 Å². The Kier molecular flexibility index (Phi) is 5.37. The molecule has 6 nitrogen and oxygen atoms in total. The molecular weight excluding hydrogens is 312 g/mol. The summed E-state index contributed by atoms with van der Waals surface area (Å²) in [7, 11) is -3.75. The molecule has 0 spiro atoms. The zero-order valence-electron chi connectivity index (χ0n) is 11.9. The van der Waals surface area contributed by atoms with E-state index in [9.17, 15) is 13.2 Å². The number of nitrogens with two attached hydrogens (primary N) is 1. The Bertz CT molecular complexity index is 597. The lowest BCUT2D eigenvalue weighted by Crippen LogP contribution is -2.43. The van der Waals surface area contributed by atoms with E-state index in [0.717, 1.165) is 30.6 Å². The predicted molar refractivity (Wildman–Crippen MR) is 80.9 cm³/mol. The highest BCUT2D eigenvalue weighted by Crippen LogP contribution is 2.22. The van der Waals surface area contributed by atoms with Crippen LogP contribution < -0.4 is 5.14 Å². The summed E-state index contributed by atoms with van der Waals surface area (Å²) < 4.78 is 28.2. The summed E-state index contributed by atoms with van der Waals surface area (Å²) in [5.74, 6) is -0.161. The Hall–Kier alpha value is -0.960. The maximum atomic E-state index is 12.4. The number of hydrogen-bond acceptors (Lipinski definition) is 5. The normalized spacial score (nSPS) is 19.7. The maximum Gasteiger partial charge on any atom is 0.254 e. The van der Waals surface area contributed by atoms with Gasteiger partial charge < -0.3 is 9.64 Å². The van der Waals surface area contributed by atoms with Crippen LogP contribution in [0.25, 0.3) is 0 Å². The molecule has 0 radical (unpaired) electrons. The maximum absolute atomic E-state index is 12.4. The van der Waals surface area contributed by atoms with Crippen LogP contribution in [0.3, 0.4) is 0 Å². The second-order valence-electron chi connectivity index (χ2n) is 5.09. The zero-order chi connectivity index (χ0) is 15.5. The van der Waals surface area contributed by atoms with Crippen LogP contribution in [-0.2, 0) is 14.8 Å². The van der Waals surface area contributed by atoms with Gasteiger partial charge in [0.15, 0.2) is 0 Å². The third-order valence-electron chi connectivity index (χ3n) is 3.33. The molecule has 118 valence electrons. The summed E-state index contributed by atoms with van der Waals surface area (Å²) in [6, 6.07) is 1.35. The molecule has 1 aromatic rings. The molecule has 1 aliphatic rings. The van der Waals surface area contributed by atoms with E-state index in [1.165, 1.54) is 6.07 Å². The number of carbonyl (C=O) groups is 1. The Morgan fingerprint density at radius 3 is 2.95 bits per heavy atom. The molecule has 1 fully saturated rings. The summed E-state index contributed by atoms with van der Waals surface area (Å²) >= 11 is 0.972. The van der Waals surface area contributed by atoms with Crippen LogP contribution >= 0.6 is 11.3 Å². The largest absolute Gasteiger partial charge is 0.376 e. The Morgan fingerprint density at radius 2 is 2.33 bits per heavy atom. The summed E-state index contributed by atoms with van der Waals surface area (Å²) in [4.78, 5) is 14.1. The fourth-order valence-corrected chi connectivity index (χ4v) is 3.88. The third-order valence-corrected chi connectivity index (χ3v) is 5.71. The van der Waals surface area contributed by atoms with Crippen LogP contribution in [0.1, 0.15) is 36.5 Å². The van der Waals surface area contributed by atoms with E-state index in [4.69, 9.17) is 9.88 Å². The SMILES string of the molecule is CCCOC1CCCN(C(=O)c2csc(S(N)(=O)=O)c2)C1. The molecule has 21 heavy (non-hydrogen) atoms. The van der Waals surface area contributed by atoms with Crippen molar-refractivity contribution in [1.29, 1.82) is 0 Å². The van der Waals surface area contributed by atoms with Crippen molar-refractivity contribution in [3.05, 3.63) is 17.0 Å². The van der Waals surface area contributed by atoms with Crippen LogP contribution in [0.5, 0.6) is 0 Å². The van der Waals surface area contributed by atoms with Crippen molar-refractivity contribution >= 4 is 27.3 Å². The number of ether oxygens (including phenoxy) is 1. The van der Waals surface area contributed by atoms with Gasteiger partial charge in [0.1, 0.15) is 4.21 Å². The molecule has 1 unspecified atom stereocenters. The Morgan fingerprint density at radius 1 is 1.57 bits per heavy atom. The van der Waals surface area contributed by atoms with E-state index >= 15 is 0 Å². The first kappa shape index (κ1) is 16.4. The minimum absolute atomic E-state index is 0.0154. The fourth-order valence-electron chi connectivity index (χ4n) is 2.30. The van der Waals surface area contributed by atoms with Gasteiger partial charge in [0, 0.05) is 25.1 Å². The van der Waals surface area contributed by atoms with Gasteiger partial charge in [-0.25, -0.2) is 13.6 Å². The predicted octanol–water partition coefficient (Wildman–Crippen LogP) is 1.43. The van der Waals surface area contributed by atoms with Gasteiger partial charge in [-0.3, -0.25) is 4.79 Å². The Balaban J connectivity index is 2.04. The van der Waals surface area contributed by atoms with Crippen LogP contribution in [-0.4, -0.2) is 45.0 Å². The van der Waals surface area contributed by atoms with Crippen LogP contribution in [0.2, 0.25) is 0 Å². The molecule has 1 aromatic heterocycles. The van der Waals surface area contributed by atoms with Gasteiger partial charge in [0.2, 0.25) is 10.0 Å². The van der Waals surface area contributed by atoms with Crippen molar-refractivity contribution in [2.24, 2.45) is 5.14 Å². The molecule has 2 N–H and O–H groups in total. The molecular formula is C13H20N2O4S2. The van der Waals surface area contributed by atoms with E-state index in [1.807, 2.05) is 6.92 Å². The molecule has 8 heteroatoms. The van der Waals surface area contributed by atoms with Crippen molar-refractivity contribution in [1.82, 2.24) is 4.90 Å². The highest BCUT2D eigenvalue weighted by Gasteiger charge is 2.26. The van der Waals surface area contributed by atoms with Gasteiger partial charge in [-0.1, -0.05) is 6.92 Å². The van der Waals surface area contributed by atoms with Gasteiger partial charge >= 0.3 is 0 Å². The van der Waals surface area contributed by atoms with Gasteiger partial charge in [-0.15, -0.1) is 11.3 Å². The Labute approximate surface area is 128 Å². The van der Waals surface area contributed by atoms with Crippen molar-refractivity contribution in [2.45, 2.75) is 36.5 Å². The van der Waals surface area contributed by atoms with Gasteiger partial charge in [0.05, 0.1) is 11.7 Å². The molecule has 0 aromatic carbocycles. The number of primary sulfonamides is 1. The first-order valence-corrected chi connectivity index (χ1v) is 9.36. The van der Waals surface area contributed by atoms with E-state index in [0.29, 0.717) is 25.3 Å². The molecule has 1 aliphatic heterocycles. The number of sulfonamides is 1. The zero-order valence-corrected chi connectivity index (χ0v) is 13.6. The lowest BCUT2D eigenvalue weighted by molar-refractivity contribution is 0.00212. The lowest BCUT2D eigenvalue weighted by Gasteiger charge is -2.32. The number of nitrogens with zero attached hydrogens (tertiary/aromatic N) is 1. The second kappa shape index (κ2) is 6.87. The lowest BCUT2D eigenvalue weighted by atomic mass is 10.1. The fraction of sp³-hybridized carbons (Fsp3) is 0.615. The molecule has 2 rings (SSSR count). The standard InChI is InChI=1S/C13H20N2O4S2/c1-2-6-19-11-4-3-5-15(8-11)13(16)10-7-12(20-9-10)21(14,17)18/h7,9,11H,2-6,8H2,1H3,(H2,14,17,18).